The number of carbonyl (C=O) groups is 1. The summed E-state index contributed by atoms with van der Waals surface area (Å²) >= 11 is 1.45. The maximum atomic E-state index is 11.9. The average Bonchev–Trinajstić information content (AvgIpc) is 2.68. The molecule has 4 heteroatoms. The number of carbonyl (C=O) groups excluding carboxylic acids is 1. The molecule has 0 spiro atoms. The second-order valence-electron chi connectivity index (χ2n) is 4.36. The van der Waals surface area contributed by atoms with Gasteiger partial charge in [-0.3, -0.25) is 4.79 Å². The zero-order valence-corrected chi connectivity index (χ0v) is 10.2. The third-order valence-corrected chi connectivity index (χ3v) is 4.13. The molecule has 88 valence electrons. The lowest BCUT2D eigenvalue weighted by Gasteiger charge is -2.28. The third-order valence-electron chi connectivity index (χ3n) is 3.11. The first-order valence-electron chi connectivity index (χ1n) is 5.71. The molecule has 1 amide bonds. The van der Waals surface area contributed by atoms with Gasteiger partial charge in [0, 0.05) is 0 Å². The predicted octanol–water partition coefficient (Wildman–Crippen LogP) is 2.09. The van der Waals surface area contributed by atoms with Crippen molar-refractivity contribution in [1.82, 2.24) is 5.32 Å². The van der Waals surface area contributed by atoms with Crippen LogP contribution in [0.4, 0.5) is 0 Å². The molecule has 0 radical (unpaired) electrons. The number of rotatable bonds is 2. The van der Waals surface area contributed by atoms with Gasteiger partial charge in [-0.2, -0.15) is 0 Å². The van der Waals surface area contributed by atoms with E-state index in [4.69, 9.17) is 0 Å². The van der Waals surface area contributed by atoms with Gasteiger partial charge in [0.25, 0.3) is 5.91 Å². The first-order chi connectivity index (χ1) is 7.68. The van der Waals surface area contributed by atoms with Crippen molar-refractivity contribution in [2.75, 3.05) is 0 Å². The van der Waals surface area contributed by atoms with E-state index in [0.29, 0.717) is 0 Å². The van der Waals surface area contributed by atoms with Gasteiger partial charge in [-0.25, -0.2) is 0 Å². The number of aliphatic hydroxyl groups excluding tert-OH is 1. The number of hydrogen-bond donors (Lipinski definition) is 2. The predicted molar refractivity (Wildman–Crippen MR) is 64.8 cm³/mol. The fourth-order valence-electron chi connectivity index (χ4n) is 2.12. The van der Waals surface area contributed by atoms with Gasteiger partial charge in [-0.05, 0) is 36.8 Å². The van der Waals surface area contributed by atoms with Crippen LogP contribution in [0.1, 0.15) is 40.9 Å². The van der Waals surface area contributed by atoms with Gasteiger partial charge in [0.2, 0.25) is 0 Å². The fourth-order valence-corrected chi connectivity index (χ4v) is 2.95. The number of hydrogen-bond acceptors (Lipinski definition) is 3. The van der Waals surface area contributed by atoms with Crippen molar-refractivity contribution in [3.63, 3.8) is 0 Å². The van der Waals surface area contributed by atoms with Gasteiger partial charge in [-0.1, -0.05) is 12.8 Å². The molecule has 1 aliphatic rings. The SMILES string of the molecule is Cc1ccsc1C(=O)N[C@@H]1CCCC[C@H]1O. The number of nitrogens with one attached hydrogen (secondary N) is 1. The Morgan fingerprint density at radius 3 is 2.88 bits per heavy atom. The molecule has 1 fully saturated rings. The molecule has 1 heterocycles. The Hall–Kier alpha value is -0.870. The number of amides is 1. The summed E-state index contributed by atoms with van der Waals surface area (Å²) in [5, 5.41) is 14.6. The van der Waals surface area contributed by atoms with Crippen LogP contribution in [0.5, 0.6) is 0 Å². The first kappa shape index (κ1) is 11.6. The van der Waals surface area contributed by atoms with E-state index in [1.54, 1.807) is 0 Å². The third kappa shape index (κ3) is 2.44. The Morgan fingerprint density at radius 2 is 2.25 bits per heavy atom. The van der Waals surface area contributed by atoms with E-state index in [-0.39, 0.29) is 18.1 Å². The van der Waals surface area contributed by atoms with E-state index in [0.717, 1.165) is 36.1 Å². The van der Waals surface area contributed by atoms with Crippen molar-refractivity contribution in [1.29, 1.82) is 0 Å². The van der Waals surface area contributed by atoms with E-state index in [1.165, 1.54) is 11.3 Å². The van der Waals surface area contributed by atoms with Crippen molar-refractivity contribution >= 4 is 17.2 Å². The van der Waals surface area contributed by atoms with E-state index in [9.17, 15) is 9.90 Å². The fraction of sp³-hybridized carbons (Fsp3) is 0.583. The van der Waals surface area contributed by atoms with Crippen molar-refractivity contribution in [2.45, 2.75) is 44.8 Å². The Balaban J connectivity index is 1.99. The highest BCUT2D eigenvalue weighted by atomic mass is 32.1. The average molecular weight is 239 g/mol. The zero-order chi connectivity index (χ0) is 11.5. The smallest absolute Gasteiger partial charge is 0.261 e. The van der Waals surface area contributed by atoms with Gasteiger partial charge >= 0.3 is 0 Å². The second-order valence-corrected chi connectivity index (χ2v) is 5.28. The lowest BCUT2D eigenvalue weighted by molar-refractivity contribution is 0.0720. The van der Waals surface area contributed by atoms with Gasteiger partial charge in [-0.15, -0.1) is 11.3 Å². The molecule has 0 unspecified atom stereocenters. The highest BCUT2D eigenvalue weighted by molar-refractivity contribution is 7.12. The minimum absolute atomic E-state index is 0.0431. The Morgan fingerprint density at radius 1 is 1.50 bits per heavy atom. The minimum atomic E-state index is -0.377. The lowest BCUT2D eigenvalue weighted by Crippen LogP contribution is -2.45. The normalized spacial score (nSPS) is 25.4. The molecule has 2 atom stereocenters. The van der Waals surface area contributed by atoms with Gasteiger partial charge in [0.1, 0.15) is 0 Å². The van der Waals surface area contributed by atoms with E-state index >= 15 is 0 Å². The monoisotopic (exact) mass is 239 g/mol. The summed E-state index contributed by atoms with van der Waals surface area (Å²) < 4.78 is 0. The van der Waals surface area contributed by atoms with Gasteiger partial charge < -0.3 is 10.4 Å². The van der Waals surface area contributed by atoms with Crippen LogP contribution in [0.25, 0.3) is 0 Å². The van der Waals surface area contributed by atoms with Crippen LogP contribution in [0.15, 0.2) is 11.4 Å². The van der Waals surface area contributed by atoms with Crippen molar-refractivity contribution in [2.24, 2.45) is 0 Å². The minimum Gasteiger partial charge on any atom is -0.391 e. The van der Waals surface area contributed by atoms with Crippen molar-refractivity contribution < 1.29 is 9.90 Å². The Labute approximate surface area is 99.5 Å². The highest BCUT2D eigenvalue weighted by Gasteiger charge is 2.25. The van der Waals surface area contributed by atoms with Crippen molar-refractivity contribution in [3.8, 4) is 0 Å². The molecule has 1 aliphatic carbocycles. The summed E-state index contributed by atoms with van der Waals surface area (Å²) in [5.41, 5.74) is 1.01. The van der Waals surface area contributed by atoms with Crippen LogP contribution < -0.4 is 5.32 Å². The Bertz CT molecular complexity index is 375. The van der Waals surface area contributed by atoms with E-state index in [1.807, 2.05) is 18.4 Å². The summed E-state index contributed by atoms with van der Waals surface area (Å²) in [4.78, 5) is 12.7. The first-order valence-corrected chi connectivity index (χ1v) is 6.59. The molecule has 2 N–H and O–H groups in total. The van der Waals surface area contributed by atoms with Crippen molar-refractivity contribution in [3.05, 3.63) is 21.9 Å². The number of thiophene rings is 1. The van der Waals surface area contributed by atoms with Crippen LogP contribution in [0.2, 0.25) is 0 Å². The molecule has 0 bridgehead atoms. The molecule has 0 aliphatic heterocycles. The summed E-state index contributed by atoms with van der Waals surface area (Å²) in [5.74, 6) is -0.0431. The summed E-state index contributed by atoms with van der Waals surface area (Å²) in [6, 6.07) is 1.87. The quantitative estimate of drug-likeness (QED) is 0.830. The molecule has 1 saturated carbocycles. The van der Waals surface area contributed by atoms with Gasteiger partial charge in [0.05, 0.1) is 17.0 Å². The second kappa shape index (κ2) is 4.97. The summed E-state index contributed by atoms with van der Waals surface area (Å²) in [7, 11) is 0. The van der Waals surface area contributed by atoms with Crippen LogP contribution in [-0.4, -0.2) is 23.2 Å². The number of aryl methyl sites for hydroxylation is 1. The highest BCUT2D eigenvalue weighted by Crippen LogP contribution is 2.20. The van der Waals surface area contributed by atoms with Gasteiger partial charge in [0.15, 0.2) is 0 Å². The maximum Gasteiger partial charge on any atom is 0.261 e. The molecule has 16 heavy (non-hydrogen) atoms. The number of aliphatic hydroxyl groups is 1. The van der Waals surface area contributed by atoms with Crippen LogP contribution in [0, 0.1) is 6.92 Å². The van der Waals surface area contributed by atoms with Crippen LogP contribution in [0.3, 0.4) is 0 Å². The van der Waals surface area contributed by atoms with E-state index < -0.39 is 0 Å². The van der Waals surface area contributed by atoms with Crippen LogP contribution >= 0.6 is 11.3 Å². The molecule has 3 nitrogen and oxygen atoms in total. The molecule has 1 aromatic heterocycles. The summed E-state index contributed by atoms with van der Waals surface area (Å²) in [6.45, 7) is 1.93. The molecule has 1 aromatic rings. The standard InChI is InChI=1S/C12H17NO2S/c1-8-6-7-16-11(8)12(15)13-9-4-2-3-5-10(9)14/h6-7,9-10,14H,2-5H2,1H3,(H,13,15)/t9-,10-/m1/s1. The lowest BCUT2D eigenvalue weighted by atomic mass is 9.92. The van der Waals surface area contributed by atoms with E-state index in [2.05, 4.69) is 5.32 Å². The molecule has 0 aromatic carbocycles. The maximum absolute atomic E-state index is 11.9. The molecular formula is C12H17NO2S. The molecular weight excluding hydrogens is 222 g/mol. The topological polar surface area (TPSA) is 49.3 Å². The summed E-state index contributed by atoms with van der Waals surface area (Å²) in [6.07, 6.45) is 3.46. The van der Waals surface area contributed by atoms with Crippen LogP contribution in [-0.2, 0) is 0 Å². The molecule has 0 saturated heterocycles. The Kier molecular flexibility index (Phi) is 3.61. The largest absolute Gasteiger partial charge is 0.391 e. The zero-order valence-electron chi connectivity index (χ0n) is 9.40. The molecule has 2 rings (SSSR count).